The number of carbonyl (C=O) groups excluding carboxylic acids is 1. The molecule has 0 atom stereocenters. The Hall–Kier alpha value is -4.07. The van der Waals surface area contributed by atoms with Gasteiger partial charge in [-0.3, -0.25) is 4.79 Å². The fraction of sp³-hybridized carbons (Fsp3) is 0.208. The van der Waals surface area contributed by atoms with Gasteiger partial charge in [-0.2, -0.15) is 0 Å². The third-order valence-corrected chi connectivity index (χ3v) is 5.56. The summed E-state index contributed by atoms with van der Waals surface area (Å²) in [4.78, 5) is 15.3. The van der Waals surface area contributed by atoms with Crippen LogP contribution in [0.3, 0.4) is 0 Å². The summed E-state index contributed by atoms with van der Waals surface area (Å²) in [6, 6.07) is 16.6. The van der Waals surface area contributed by atoms with Crippen LogP contribution in [-0.4, -0.2) is 31.2 Å². The Labute approximate surface area is 183 Å². The Morgan fingerprint density at radius 2 is 1.38 bits per heavy atom. The van der Waals surface area contributed by atoms with Gasteiger partial charge >= 0.3 is 0 Å². The second kappa shape index (κ2) is 7.56. The van der Waals surface area contributed by atoms with Crippen LogP contribution in [-0.2, 0) is 13.1 Å². The summed E-state index contributed by atoms with van der Waals surface area (Å²) < 4.78 is 32.9. The Morgan fingerprint density at radius 3 is 2.22 bits per heavy atom. The number of fused-ring (bicyclic) bond motifs is 3. The van der Waals surface area contributed by atoms with Gasteiger partial charge < -0.3 is 33.3 Å². The molecule has 3 heterocycles. The molecule has 0 fully saturated rings. The van der Waals surface area contributed by atoms with E-state index in [4.69, 9.17) is 28.4 Å². The molecule has 3 aromatic rings. The maximum Gasteiger partial charge on any atom is 0.254 e. The van der Waals surface area contributed by atoms with Crippen LogP contribution < -0.4 is 28.4 Å². The predicted octanol–water partition coefficient (Wildman–Crippen LogP) is 3.72. The van der Waals surface area contributed by atoms with Gasteiger partial charge in [0.25, 0.3) is 5.91 Å². The number of benzene rings is 3. The van der Waals surface area contributed by atoms with E-state index in [0.717, 1.165) is 11.1 Å². The van der Waals surface area contributed by atoms with Crippen LogP contribution >= 0.6 is 0 Å². The van der Waals surface area contributed by atoms with Gasteiger partial charge in [0.15, 0.2) is 34.5 Å². The summed E-state index contributed by atoms with van der Waals surface area (Å²) in [6.45, 7) is 1.24. The van der Waals surface area contributed by atoms with Crippen molar-refractivity contribution in [2.75, 3.05) is 20.4 Å². The minimum absolute atomic E-state index is 0.141. The lowest BCUT2D eigenvalue weighted by Crippen LogP contribution is -2.30. The van der Waals surface area contributed by atoms with Gasteiger partial charge in [-0.1, -0.05) is 18.2 Å². The first-order valence-electron chi connectivity index (χ1n) is 10.2. The zero-order chi connectivity index (χ0) is 21.5. The van der Waals surface area contributed by atoms with Crippen molar-refractivity contribution in [3.8, 4) is 34.5 Å². The number of carbonyl (C=O) groups is 1. The molecular weight excluding hydrogens is 414 g/mol. The largest absolute Gasteiger partial charge is 0.454 e. The molecule has 1 amide bonds. The quantitative estimate of drug-likeness (QED) is 0.607. The van der Waals surface area contributed by atoms with E-state index >= 15 is 0 Å². The highest BCUT2D eigenvalue weighted by Gasteiger charge is 2.25. The second-order valence-corrected chi connectivity index (χ2v) is 7.57. The lowest BCUT2D eigenvalue weighted by molar-refractivity contribution is 0.0728. The van der Waals surface area contributed by atoms with E-state index in [1.54, 1.807) is 23.1 Å². The molecule has 6 rings (SSSR count). The molecule has 0 saturated heterocycles. The van der Waals surface area contributed by atoms with Crippen LogP contribution in [0.1, 0.15) is 21.5 Å². The summed E-state index contributed by atoms with van der Waals surface area (Å²) in [5, 5.41) is 0. The van der Waals surface area contributed by atoms with Crippen LogP contribution in [0.4, 0.5) is 0 Å². The zero-order valence-electron chi connectivity index (χ0n) is 17.0. The molecule has 0 saturated carbocycles. The van der Waals surface area contributed by atoms with Gasteiger partial charge in [-0.15, -0.1) is 0 Å². The van der Waals surface area contributed by atoms with Gasteiger partial charge in [0.05, 0.1) is 6.54 Å². The first-order chi connectivity index (χ1) is 15.7. The maximum absolute atomic E-state index is 13.6. The van der Waals surface area contributed by atoms with Crippen molar-refractivity contribution in [1.82, 2.24) is 4.90 Å². The predicted molar refractivity (Wildman–Crippen MR) is 111 cm³/mol. The molecule has 8 nitrogen and oxygen atoms in total. The highest BCUT2D eigenvalue weighted by molar-refractivity contribution is 5.95. The normalized spacial score (nSPS) is 14.5. The molecule has 3 aliphatic rings. The van der Waals surface area contributed by atoms with E-state index in [0.29, 0.717) is 53.2 Å². The third-order valence-electron chi connectivity index (χ3n) is 5.56. The standard InChI is InChI=1S/C24H19NO7/c26-24(16-5-7-19-22(9-16)31-13-28-19)25(10-15-4-6-18-21(8-15)30-12-27-18)11-17-2-1-3-20-23(17)32-14-29-20/h1-9H,10-14H2. The Kier molecular flexibility index (Phi) is 4.41. The van der Waals surface area contributed by atoms with E-state index < -0.39 is 0 Å². The van der Waals surface area contributed by atoms with Crippen molar-refractivity contribution >= 4 is 5.91 Å². The summed E-state index contributed by atoms with van der Waals surface area (Å²) in [5.41, 5.74) is 2.31. The molecular formula is C24H19NO7. The molecule has 0 N–H and O–H groups in total. The number of amides is 1. The lowest BCUT2D eigenvalue weighted by Gasteiger charge is -2.24. The Balaban J connectivity index is 1.33. The smallest absolute Gasteiger partial charge is 0.254 e. The molecule has 3 aromatic carbocycles. The Bertz CT molecular complexity index is 1210. The van der Waals surface area contributed by atoms with E-state index in [1.807, 2.05) is 36.4 Å². The topological polar surface area (TPSA) is 75.7 Å². The fourth-order valence-corrected chi connectivity index (χ4v) is 3.99. The van der Waals surface area contributed by atoms with Crippen molar-refractivity contribution < 1.29 is 33.2 Å². The number of nitrogens with zero attached hydrogens (tertiary/aromatic N) is 1. The van der Waals surface area contributed by atoms with Crippen LogP contribution in [0.15, 0.2) is 54.6 Å². The minimum atomic E-state index is -0.141. The molecule has 0 aliphatic carbocycles. The highest BCUT2D eigenvalue weighted by Crippen LogP contribution is 2.38. The average Bonchev–Trinajstić information content (AvgIpc) is 3.57. The van der Waals surface area contributed by atoms with Crippen molar-refractivity contribution in [2.24, 2.45) is 0 Å². The second-order valence-electron chi connectivity index (χ2n) is 7.57. The van der Waals surface area contributed by atoms with Crippen LogP contribution in [0, 0.1) is 0 Å². The summed E-state index contributed by atoms with van der Waals surface area (Å²) in [5.74, 6) is 3.79. The van der Waals surface area contributed by atoms with Crippen LogP contribution in [0.5, 0.6) is 34.5 Å². The molecule has 0 bridgehead atoms. The van der Waals surface area contributed by atoms with Crippen LogP contribution in [0.2, 0.25) is 0 Å². The molecule has 0 spiro atoms. The van der Waals surface area contributed by atoms with Gasteiger partial charge in [0.2, 0.25) is 20.4 Å². The van der Waals surface area contributed by atoms with Crippen LogP contribution in [0.25, 0.3) is 0 Å². The maximum atomic E-state index is 13.6. The molecule has 162 valence electrons. The SMILES string of the molecule is O=C(c1ccc2c(c1)OCO2)N(Cc1ccc2c(c1)OCO2)Cc1cccc2c1OCO2. The minimum Gasteiger partial charge on any atom is -0.454 e. The van der Waals surface area contributed by atoms with Gasteiger partial charge in [0, 0.05) is 17.7 Å². The molecule has 3 aliphatic heterocycles. The number of ether oxygens (including phenoxy) is 6. The monoisotopic (exact) mass is 433 g/mol. The summed E-state index contributed by atoms with van der Waals surface area (Å²) in [7, 11) is 0. The molecule has 8 heteroatoms. The van der Waals surface area contributed by atoms with E-state index in [1.165, 1.54) is 0 Å². The number of rotatable bonds is 5. The first-order valence-corrected chi connectivity index (χ1v) is 10.2. The molecule has 0 aromatic heterocycles. The lowest BCUT2D eigenvalue weighted by atomic mass is 10.1. The fourth-order valence-electron chi connectivity index (χ4n) is 3.99. The third kappa shape index (κ3) is 3.30. The molecule has 32 heavy (non-hydrogen) atoms. The number of para-hydroxylation sites is 1. The Morgan fingerprint density at radius 1 is 0.688 bits per heavy atom. The van der Waals surface area contributed by atoms with Crippen molar-refractivity contribution in [1.29, 1.82) is 0 Å². The molecule has 0 radical (unpaired) electrons. The summed E-state index contributed by atoms with van der Waals surface area (Å²) >= 11 is 0. The van der Waals surface area contributed by atoms with E-state index in [-0.39, 0.29) is 26.3 Å². The van der Waals surface area contributed by atoms with E-state index in [9.17, 15) is 4.79 Å². The van der Waals surface area contributed by atoms with Gasteiger partial charge in [0.1, 0.15) is 0 Å². The first kappa shape index (κ1) is 18.7. The zero-order valence-corrected chi connectivity index (χ0v) is 17.0. The summed E-state index contributed by atoms with van der Waals surface area (Å²) in [6.07, 6.45) is 0. The van der Waals surface area contributed by atoms with Gasteiger partial charge in [-0.05, 0) is 42.0 Å². The number of hydrogen-bond donors (Lipinski definition) is 0. The molecule has 0 unspecified atom stereocenters. The van der Waals surface area contributed by atoms with Gasteiger partial charge in [-0.25, -0.2) is 0 Å². The van der Waals surface area contributed by atoms with E-state index in [2.05, 4.69) is 0 Å². The van der Waals surface area contributed by atoms with Crippen molar-refractivity contribution in [3.63, 3.8) is 0 Å². The highest BCUT2D eigenvalue weighted by atomic mass is 16.7. The van der Waals surface area contributed by atoms with Crippen molar-refractivity contribution in [3.05, 3.63) is 71.3 Å². The van der Waals surface area contributed by atoms with Crippen molar-refractivity contribution in [2.45, 2.75) is 13.1 Å². The number of hydrogen-bond acceptors (Lipinski definition) is 7. The average molecular weight is 433 g/mol.